The maximum Gasteiger partial charge on any atom is 0.0995 e. The molecule has 1 heteroatoms. The summed E-state index contributed by atoms with van der Waals surface area (Å²) in [6, 6.07) is 21.1. The Labute approximate surface area is 111 Å². The van der Waals surface area contributed by atoms with Gasteiger partial charge in [-0.25, -0.2) is 0 Å². The molecule has 0 spiro atoms. The number of fused-ring (bicyclic) bond motifs is 5. The molecule has 0 radical (unpaired) electrons. The van der Waals surface area contributed by atoms with Crippen molar-refractivity contribution >= 4 is 10.8 Å². The van der Waals surface area contributed by atoms with Gasteiger partial charge in [-0.05, 0) is 45.5 Å². The van der Waals surface area contributed by atoms with Gasteiger partial charge in [-0.2, -0.15) is 5.26 Å². The Balaban J connectivity index is 2.21. The van der Waals surface area contributed by atoms with E-state index < -0.39 is 0 Å². The van der Waals surface area contributed by atoms with Gasteiger partial charge in [-0.15, -0.1) is 0 Å². The molecule has 3 aromatic carbocycles. The Kier molecular flexibility index (Phi) is 2.01. The zero-order valence-corrected chi connectivity index (χ0v) is 10.4. The molecule has 1 nitrogen and oxygen atoms in total. The molecule has 88 valence electrons. The van der Waals surface area contributed by atoms with Crippen LogP contribution in [0.15, 0.2) is 54.6 Å². The van der Waals surface area contributed by atoms with E-state index in [0.717, 1.165) is 17.4 Å². The summed E-state index contributed by atoms with van der Waals surface area (Å²) in [7, 11) is 0. The first-order valence-electron chi connectivity index (χ1n) is 6.41. The van der Waals surface area contributed by atoms with Crippen LogP contribution in [-0.2, 0) is 6.42 Å². The summed E-state index contributed by atoms with van der Waals surface area (Å²) < 4.78 is 0. The topological polar surface area (TPSA) is 23.8 Å². The van der Waals surface area contributed by atoms with Crippen molar-refractivity contribution < 1.29 is 0 Å². The number of benzene rings is 3. The van der Waals surface area contributed by atoms with Crippen LogP contribution in [0, 0.1) is 11.3 Å². The fourth-order valence-corrected chi connectivity index (χ4v) is 3.09. The van der Waals surface area contributed by atoms with Gasteiger partial charge in [0.25, 0.3) is 0 Å². The van der Waals surface area contributed by atoms with Crippen molar-refractivity contribution in [3.05, 3.63) is 71.3 Å². The minimum atomic E-state index is 0.810. The predicted molar refractivity (Wildman–Crippen MR) is 76.9 cm³/mol. The molecule has 3 aromatic rings. The van der Waals surface area contributed by atoms with Gasteiger partial charge in [0.1, 0.15) is 0 Å². The minimum absolute atomic E-state index is 0.810. The van der Waals surface area contributed by atoms with E-state index in [2.05, 4.69) is 48.5 Å². The highest BCUT2D eigenvalue weighted by atomic mass is 14.3. The number of hydrogen-bond acceptors (Lipinski definition) is 1. The third-order valence-electron chi connectivity index (χ3n) is 3.93. The zero-order chi connectivity index (χ0) is 12.8. The lowest BCUT2D eigenvalue weighted by Gasteiger charge is -2.08. The second-order valence-corrected chi connectivity index (χ2v) is 4.94. The maximum atomic E-state index is 9.39. The average Bonchev–Trinajstić information content (AvgIpc) is 2.86. The van der Waals surface area contributed by atoms with Crippen LogP contribution >= 0.6 is 0 Å². The number of rotatable bonds is 0. The molecule has 0 bridgehead atoms. The van der Waals surface area contributed by atoms with Crippen LogP contribution in [0.4, 0.5) is 0 Å². The molecule has 19 heavy (non-hydrogen) atoms. The molecule has 0 aromatic heterocycles. The van der Waals surface area contributed by atoms with Crippen LogP contribution in [0.1, 0.15) is 16.7 Å². The monoisotopic (exact) mass is 241 g/mol. The fraction of sp³-hybridized carbons (Fsp3) is 0.0556. The molecule has 0 atom stereocenters. The molecule has 0 aliphatic heterocycles. The van der Waals surface area contributed by atoms with Crippen molar-refractivity contribution in [1.29, 1.82) is 5.26 Å². The predicted octanol–water partition coefficient (Wildman–Crippen LogP) is 4.28. The molecule has 0 saturated heterocycles. The van der Waals surface area contributed by atoms with Crippen LogP contribution in [0.5, 0.6) is 0 Å². The van der Waals surface area contributed by atoms with Crippen molar-refractivity contribution in [3.63, 3.8) is 0 Å². The highest BCUT2D eigenvalue weighted by Crippen LogP contribution is 2.42. The molecular formula is C18H11N. The Morgan fingerprint density at radius 3 is 2.63 bits per heavy atom. The Bertz CT molecular complexity index is 853. The van der Waals surface area contributed by atoms with E-state index in [-0.39, 0.29) is 0 Å². The molecule has 0 N–H and O–H groups in total. The highest BCUT2D eigenvalue weighted by molar-refractivity contribution is 6.02. The van der Waals surface area contributed by atoms with Crippen LogP contribution in [0.2, 0.25) is 0 Å². The summed E-state index contributed by atoms with van der Waals surface area (Å²) in [5, 5.41) is 11.8. The first-order chi connectivity index (χ1) is 9.38. The average molecular weight is 241 g/mol. The SMILES string of the molecule is N#Cc1cc2ccccc2c2c1Cc1ccccc1-2. The van der Waals surface area contributed by atoms with Crippen LogP contribution < -0.4 is 0 Å². The van der Waals surface area contributed by atoms with E-state index in [4.69, 9.17) is 0 Å². The lowest BCUT2D eigenvalue weighted by molar-refractivity contribution is 1.25. The van der Waals surface area contributed by atoms with Crippen molar-refractivity contribution in [2.45, 2.75) is 6.42 Å². The molecule has 0 amide bonds. The molecule has 4 rings (SSSR count). The third kappa shape index (κ3) is 1.34. The first kappa shape index (κ1) is 10.3. The summed E-state index contributed by atoms with van der Waals surface area (Å²) >= 11 is 0. The Morgan fingerprint density at radius 2 is 1.74 bits per heavy atom. The fourth-order valence-electron chi connectivity index (χ4n) is 3.09. The molecule has 0 fully saturated rings. The molecule has 1 aliphatic rings. The van der Waals surface area contributed by atoms with E-state index in [9.17, 15) is 5.26 Å². The standard InChI is InChI=1S/C18H11N/c19-11-14-9-12-5-1-3-7-15(12)18-16-8-4-2-6-13(16)10-17(14)18/h1-9H,10H2. The van der Waals surface area contributed by atoms with Gasteiger partial charge in [0.15, 0.2) is 0 Å². The Hall–Kier alpha value is -2.59. The smallest absolute Gasteiger partial charge is 0.0995 e. The van der Waals surface area contributed by atoms with E-state index in [0.29, 0.717) is 0 Å². The largest absolute Gasteiger partial charge is 0.192 e. The van der Waals surface area contributed by atoms with Crippen molar-refractivity contribution in [1.82, 2.24) is 0 Å². The number of nitriles is 1. The van der Waals surface area contributed by atoms with E-state index in [1.54, 1.807) is 0 Å². The zero-order valence-electron chi connectivity index (χ0n) is 10.4. The van der Waals surface area contributed by atoms with Crippen LogP contribution in [0.25, 0.3) is 21.9 Å². The summed E-state index contributed by atoms with van der Waals surface area (Å²) in [6.45, 7) is 0. The normalized spacial score (nSPS) is 11.9. The highest BCUT2D eigenvalue weighted by Gasteiger charge is 2.23. The van der Waals surface area contributed by atoms with Gasteiger partial charge in [-0.1, -0.05) is 48.5 Å². The van der Waals surface area contributed by atoms with Gasteiger partial charge in [0.2, 0.25) is 0 Å². The lowest BCUT2D eigenvalue weighted by Crippen LogP contribution is -1.89. The van der Waals surface area contributed by atoms with Gasteiger partial charge in [0.05, 0.1) is 11.6 Å². The minimum Gasteiger partial charge on any atom is -0.192 e. The second-order valence-electron chi connectivity index (χ2n) is 4.94. The van der Waals surface area contributed by atoms with Crippen molar-refractivity contribution in [2.75, 3.05) is 0 Å². The quantitative estimate of drug-likeness (QED) is 0.450. The van der Waals surface area contributed by atoms with Crippen LogP contribution in [-0.4, -0.2) is 0 Å². The van der Waals surface area contributed by atoms with E-state index in [1.165, 1.54) is 27.6 Å². The van der Waals surface area contributed by atoms with E-state index >= 15 is 0 Å². The summed E-state index contributed by atoms with van der Waals surface area (Å²) in [4.78, 5) is 0. The first-order valence-corrected chi connectivity index (χ1v) is 6.41. The lowest BCUT2D eigenvalue weighted by atomic mass is 9.94. The third-order valence-corrected chi connectivity index (χ3v) is 3.93. The van der Waals surface area contributed by atoms with Gasteiger partial charge < -0.3 is 0 Å². The van der Waals surface area contributed by atoms with Crippen LogP contribution in [0.3, 0.4) is 0 Å². The molecule has 0 heterocycles. The van der Waals surface area contributed by atoms with E-state index in [1.807, 2.05) is 12.1 Å². The summed E-state index contributed by atoms with van der Waals surface area (Å²) in [6.07, 6.45) is 0.874. The Morgan fingerprint density at radius 1 is 0.947 bits per heavy atom. The molecule has 0 saturated carbocycles. The maximum absolute atomic E-state index is 9.39. The van der Waals surface area contributed by atoms with Gasteiger partial charge in [-0.3, -0.25) is 0 Å². The van der Waals surface area contributed by atoms with Crippen molar-refractivity contribution in [2.24, 2.45) is 0 Å². The van der Waals surface area contributed by atoms with Gasteiger partial charge >= 0.3 is 0 Å². The second kappa shape index (κ2) is 3.70. The summed E-state index contributed by atoms with van der Waals surface area (Å²) in [5.41, 5.74) is 5.86. The summed E-state index contributed by atoms with van der Waals surface area (Å²) in [5.74, 6) is 0. The number of nitrogens with zero attached hydrogens (tertiary/aromatic N) is 1. The molecule has 1 aliphatic carbocycles. The van der Waals surface area contributed by atoms with Gasteiger partial charge in [0, 0.05) is 0 Å². The molecule has 0 unspecified atom stereocenters. The number of hydrogen-bond donors (Lipinski definition) is 0. The van der Waals surface area contributed by atoms with Crippen molar-refractivity contribution in [3.8, 4) is 17.2 Å². The molecular weight excluding hydrogens is 230 g/mol.